The molecule has 0 saturated heterocycles. The zero-order chi connectivity index (χ0) is 27.6. The molecule has 6 heterocycles. The third-order valence-corrected chi connectivity index (χ3v) is 7.93. The van der Waals surface area contributed by atoms with Crippen molar-refractivity contribution in [3.8, 4) is 28.5 Å². The fraction of sp³-hybridized carbons (Fsp3) is 0. The first-order chi connectivity index (χ1) is 20.8. The molecule has 196 valence electrons. The second kappa shape index (κ2) is 8.81. The first kappa shape index (κ1) is 22.9. The molecule has 3 aromatic carbocycles. The highest BCUT2D eigenvalue weighted by Crippen LogP contribution is 2.42. The van der Waals surface area contributed by atoms with E-state index in [0.29, 0.717) is 0 Å². The van der Waals surface area contributed by atoms with Crippen molar-refractivity contribution in [2.45, 2.75) is 0 Å². The molecular formula is C36H21N5O. The molecule has 0 spiro atoms. The molecule has 0 amide bonds. The molecular weight excluding hydrogens is 518 g/mol. The molecule has 0 fully saturated rings. The van der Waals surface area contributed by atoms with Gasteiger partial charge < -0.3 is 8.98 Å². The van der Waals surface area contributed by atoms with E-state index in [1.165, 1.54) is 0 Å². The van der Waals surface area contributed by atoms with Crippen LogP contribution in [0.5, 0.6) is 0 Å². The number of para-hydroxylation sites is 1. The van der Waals surface area contributed by atoms with Crippen molar-refractivity contribution in [2.24, 2.45) is 0 Å². The molecule has 0 unspecified atom stereocenters. The molecule has 42 heavy (non-hydrogen) atoms. The maximum Gasteiger partial charge on any atom is 0.160 e. The minimum absolute atomic E-state index is 0.763. The summed E-state index contributed by atoms with van der Waals surface area (Å²) in [4.78, 5) is 19.1. The number of aromatic nitrogens is 5. The lowest BCUT2D eigenvalue weighted by atomic mass is 10.1. The molecule has 0 aliphatic heterocycles. The highest BCUT2D eigenvalue weighted by molar-refractivity contribution is 6.26. The average Bonchev–Trinajstić information content (AvgIpc) is 3.61. The summed E-state index contributed by atoms with van der Waals surface area (Å²) in [6, 6.07) is 36.9. The molecule has 6 heteroatoms. The Morgan fingerprint density at radius 2 is 1.26 bits per heavy atom. The predicted molar refractivity (Wildman–Crippen MR) is 168 cm³/mol. The summed E-state index contributed by atoms with van der Waals surface area (Å²) in [5.41, 5.74) is 8.72. The first-order valence-corrected chi connectivity index (χ1v) is 13.8. The van der Waals surface area contributed by atoms with Crippen LogP contribution in [0.1, 0.15) is 0 Å². The molecule has 0 aliphatic carbocycles. The van der Waals surface area contributed by atoms with E-state index in [0.717, 1.165) is 83.1 Å². The molecule has 0 radical (unpaired) electrons. The number of hydrogen-bond donors (Lipinski definition) is 0. The van der Waals surface area contributed by atoms with Crippen molar-refractivity contribution >= 4 is 54.6 Å². The molecule has 6 nitrogen and oxygen atoms in total. The van der Waals surface area contributed by atoms with Gasteiger partial charge in [-0.05, 0) is 60.7 Å². The lowest BCUT2D eigenvalue weighted by Gasteiger charge is -2.13. The summed E-state index contributed by atoms with van der Waals surface area (Å²) in [6.45, 7) is 0. The van der Waals surface area contributed by atoms with Gasteiger partial charge in [0.05, 0.1) is 45.0 Å². The summed E-state index contributed by atoms with van der Waals surface area (Å²) >= 11 is 0. The fourth-order valence-corrected chi connectivity index (χ4v) is 6.11. The number of fused-ring (bicyclic) bond motifs is 9. The number of hydrogen-bond acceptors (Lipinski definition) is 5. The monoisotopic (exact) mass is 539 g/mol. The molecule has 0 saturated carbocycles. The van der Waals surface area contributed by atoms with Gasteiger partial charge in [-0.15, -0.1) is 0 Å². The number of furan rings is 1. The molecule has 9 aromatic rings. The molecule has 0 bridgehead atoms. The van der Waals surface area contributed by atoms with Crippen LogP contribution in [-0.2, 0) is 0 Å². The van der Waals surface area contributed by atoms with Crippen LogP contribution in [0.15, 0.2) is 132 Å². The maximum absolute atomic E-state index is 6.62. The van der Waals surface area contributed by atoms with Crippen molar-refractivity contribution in [1.82, 2.24) is 24.5 Å². The summed E-state index contributed by atoms with van der Waals surface area (Å²) in [6.07, 6.45) is 5.44. The van der Waals surface area contributed by atoms with Crippen LogP contribution in [0.3, 0.4) is 0 Å². The van der Waals surface area contributed by atoms with E-state index in [2.05, 4.69) is 69.1 Å². The van der Waals surface area contributed by atoms with E-state index >= 15 is 0 Å². The van der Waals surface area contributed by atoms with Gasteiger partial charge in [0.15, 0.2) is 5.58 Å². The Morgan fingerprint density at radius 1 is 0.548 bits per heavy atom. The van der Waals surface area contributed by atoms with Gasteiger partial charge >= 0.3 is 0 Å². The lowest BCUT2D eigenvalue weighted by molar-refractivity contribution is 0.671. The van der Waals surface area contributed by atoms with Crippen molar-refractivity contribution in [1.29, 1.82) is 0 Å². The molecule has 0 aliphatic rings. The van der Waals surface area contributed by atoms with Gasteiger partial charge in [-0.2, -0.15) is 0 Å². The van der Waals surface area contributed by atoms with Crippen molar-refractivity contribution < 1.29 is 4.42 Å². The SMILES string of the molecule is c1ccc(-c2cc(-n3c4ccc5cccnc5c4c4ccc5c6ccccc6oc5c43)cc(-c3ccccn3)n2)nc1. The first-order valence-electron chi connectivity index (χ1n) is 13.8. The third kappa shape index (κ3) is 3.32. The lowest BCUT2D eigenvalue weighted by Crippen LogP contribution is -1.99. The van der Waals surface area contributed by atoms with Crippen LogP contribution in [0.4, 0.5) is 0 Å². The van der Waals surface area contributed by atoms with Crippen molar-refractivity contribution in [3.05, 3.63) is 128 Å². The Bertz CT molecular complexity index is 2400. The predicted octanol–water partition coefficient (Wildman–Crippen LogP) is 8.75. The Balaban J connectivity index is 1.48. The maximum atomic E-state index is 6.62. The minimum atomic E-state index is 0.763. The second-order valence-corrected chi connectivity index (χ2v) is 10.3. The number of rotatable bonds is 3. The number of nitrogens with zero attached hydrogens (tertiary/aromatic N) is 5. The van der Waals surface area contributed by atoms with Crippen molar-refractivity contribution in [2.75, 3.05) is 0 Å². The highest BCUT2D eigenvalue weighted by Gasteiger charge is 2.22. The van der Waals surface area contributed by atoms with Crippen LogP contribution >= 0.6 is 0 Å². The smallest absolute Gasteiger partial charge is 0.160 e. The van der Waals surface area contributed by atoms with Crippen LogP contribution in [-0.4, -0.2) is 24.5 Å². The van der Waals surface area contributed by atoms with Crippen molar-refractivity contribution in [3.63, 3.8) is 0 Å². The summed E-state index contributed by atoms with van der Waals surface area (Å²) in [7, 11) is 0. The third-order valence-electron chi connectivity index (χ3n) is 7.93. The number of benzene rings is 3. The van der Waals surface area contributed by atoms with Gasteiger partial charge in [-0.1, -0.05) is 48.5 Å². The molecule has 0 N–H and O–H groups in total. The normalized spacial score (nSPS) is 11.8. The summed E-state index contributed by atoms with van der Waals surface area (Å²) in [5, 5.41) is 5.42. The summed E-state index contributed by atoms with van der Waals surface area (Å²) < 4.78 is 8.90. The molecule has 9 rings (SSSR count). The quantitative estimate of drug-likeness (QED) is 0.224. The van der Waals surface area contributed by atoms with Gasteiger partial charge in [0, 0.05) is 45.5 Å². The van der Waals surface area contributed by atoms with Crippen LogP contribution in [0.25, 0.3) is 83.1 Å². The van der Waals surface area contributed by atoms with Gasteiger partial charge in [0.25, 0.3) is 0 Å². The molecule has 6 aromatic heterocycles. The summed E-state index contributed by atoms with van der Waals surface area (Å²) in [5.74, 6) is 0. The average molecular weight is 540 g/mol. The Labute approximate surface area is 239 Å². The Hall–Kier alpha value is -5.88. The fourth-order valence-electron chi connectivity index (χ4n) is 6.11. The van der Waals surface area contributed by atoms with Gasteiger partial charge in [0.2, 0.25) is 0 Å². The van der Waals surface area contributed by atoms with Gasteiger partial charge in [0.1, 0.15) is 5.58 Å². The number of pyridine rings is 4. The zero-order valence-corrected chi connectivity index (χ0v) is 22.3. The van der Waals surface area contributed by atoms with Crippen LogP contribution in [0.2, 0.25) is 0 Å². The highest BCUT2D eigenvalue weighted by atomic mass is 16.3. The Morgan fingerprint density at radius 3 is 2.02 bits per heavy atom. The van der Waals surface area contributed by atoms with E-state index in [9.17, 15) is 0 Å². The van der Waals surface area contributed by atoms with E-state index in [1.807, 2.05) is 60.8 Å². The van der Waals surface area contributed by atoms with Crippen LogP contribution < -0.4 is 0 Å². The van der Waals surface area contributed by atoms with E-state index in [1.54, 1.807) is 12.4 Å². The largest absolute Gasteiger partial charge is 0.454 e. The van der Waals surface area contributed by atoms with Gasteiger partial charge in [-0.3, -0.25) is 15.0 Å². The topological polar surface area (TPSA) is 69.6 Å². The van der Waals surface area contributed by atoms with E-state index in [4.69, 9.17) is 14.4 Å². The zero-order valence-electron chi connectivity index (χ0n) is 22.3. The van der Waals surface area contributed by atoms with Gasteiger partial charge in [-0.25, -0.2) is 4.98 Å². The standard InChI is InChI=1S/C36H21N5O/c1-2-12-32-24(9-1)25-14-15-26-33-31(16-13-22-8-7-19-39-34(22)33)41(35(26)36(25)42-32)23-20-29(27-10-3-5-17-37-27)40-30(21-23)28-11-4-6-18-38-28/h1-21H. The molecule has 0 atom stereocenters. The second-order valence-electron chi connectivity index (χ2n) is 10.3. The minimum Gasteiger partial charge on any atom is -0.454 e. The Kier molecular flexibility index (Phi) is 4.80. The van der Waals surface area contributed by atoms with E-state index in [-0.39, 0.29) is 0 Å². The van der Waals surface area contributed by atoms with Crippen LogP contribution in [0, 0.1) is 0 Å². The van der Waals surface area contributed by atoms with E-state index < -0.39 is 0 Å².